The number of benzene rings is 1. The maximum absolute atomic E-state index is 12.1. The van der Waals surface area contributed by atoms with Gasteiger partial charge in [-0.1, -0.05) is 18.2 Å². The van der Waals surface area contributed by atoms with Crippen LogP contribution in [-0.2, 0) is 0 Å². The second kappa shape index (κ2) is 5.40. The number of hydrogen-bond acceptors (Lipinski definition) is 4. The lowest BCUT2D eigenvalue weighted by molar-refractivity contribution is 0.103. The molecule has 0 spiro atoms. The van der Waals surface area contributed by atoms with Gasteiger partial charge >= 0.3 is 0 Å². The van der Waals surface area contributed by atoms with E-state index in [0.29, 0.717) is 21.2 Å². The molecule has 20 heavy (non-hydrogen) atoms. The number of nitrogens with one attached hydrogen (secondary N) is 3. The summed E-state index contributed by atoms with van der Waals surface area (Å²) in [5.74, 6) is 0.457. The van der Waals surface area contributed by atoms with Gasteiger partial charge in [-0.2, -0.15) is 4.98 Å². The van der Waals surface area contributed by atoms with Crippen LogP contribution in [-0.4, -0.2) is 21.1 Å². The quantitative estimate of drug-likeness (QED) is 0.649. The molecule has 0 aliphatic carbocycles. The van der Waals surface area contributed by atoms with Crippen molar-refractivity contribution in [1.29, 1.82) is 0 Å². The topological polar surface area (TPSA) is 73.6 Å². The fourth-order valence-corrected chi connectivity index (χ4v) is 2.55. The average molecular weight is 302 g/mol. The number of nitrogens with zero attached hydrogens (tertiary/aromatic N) is 1. The van der Waals surface area contributed by atoms with E-state index in [1.807, 2.05) is 35.7 Å². The first-order chi connectivity index (χ1) is 9.74. The molecule has 1 amide bonds. The Labute approximate surface area is 123 Å². The van der Waals surface area contributed by atoms with Crippen LogP contribution < -0.4 is 5.32 Å². The van der Waals surface area contributed by atoms with Crippen LogP contribution in [0.1, 0.15) is 9.67 Å². The van der Waals surface area contributed by atoms with Crippen LogP contribution in [0.4, 0.5) is 5.69 Å². The van der Waals surface area contributed by atoms with Crippen molar-refractivity contribution >= 4 is 35.1 Å². The molecule has 5 nitrogen and oxygen atoms in total. The molecule has 3 aromatic rings. The molecular formula is C13H10N4OS2. The molecule has 0 bridgehead atoms. The fourth-order valence-electron chi connectivity index (χ4n) is 1.79. The minimum absolute atomic E-state index is 0.137. The van der Waals surface area contributed by atoms with Crippen LogP contribution in [0.2, 0.25) is 0 Å². The Hall–Kier alpha value is -2.25. The Kier molecular flexibility index (Phi) is 3.44. The SMILES string of the molecule is O=C(Nc1ccccc1-c1nc(=S)[nH][nH]1)c1cccs1. The first-order valence-corrected chi connectivity index (χ1v) is 7.12. The van der Waals surface area contributed by atoms with Crippen molar-refractivity contribution in [1.82, 2.24) is 15.2 Å². The molecule has 0 saturated carbocycles. The number of anilines is 1. The number of carbonyl (C=O) groups excluding carboxylic acids is 1. The number of rotatable bonds is 3. The lowest BCUT2D eigenvalue weighted by atomic mass is 10.1. The number of H-pyrrole nitrogens is 2. The highest BCUT2D eigenvalue weighted by atomic mass is 32.1. The summed E-state index contributed by atoms with van der Waals surface area (Å²) in [4.78, 5) is 16.9. The average Bonchev–Trinajstić information content (AvgIpc) is 3.10. The highest BCUT2D eigenvalue weighted by molar-refractivity contribution is 7.71. The van der Waals surface area contributed by atoms with Crippen molar-refractivity contribution in [3.05, 3.63) is 51.4 Å². The van der Waals surface area contributed by atoms with Crippen molar-refractivity contribution in [3.8, 4) is 11.4 Å². The zero-order valence-corrected chi connectivity index (χ0v) is 11.8. The Bertz CT molecular complexity index is 789. The molecule has 0 radical (unpaired) electrons. The number of amides is 1. The third-order valence-electron chi connectivity index (χ3n) is 2.68. The highest BCUT2D eigenvalue weighted by Crippen LogP contribution is 2.25. The first kappa shape index (κ1) is 12.8. The van der Waals surface area contributed by atoms with Crippen LogP contribution in [0.15, 0.2) is 41.8 Å². The van der Waals surface area contributed by atoms with E-state index >= 15 is 0 Å². The number of carbonyl (C=O) groups is 1. The second-order valence-electron chi connectivity index (χ2n) is 3.99. The summed E-state index contributed by atoms with van der Waals surface area (Å²) < 4.78 is 0.374. The summed E-state index contributed by atoms with van der Waals surface area (Å²) in [5, 5.41) is 10.4. The molecule has 7 heteroatoms. The van der Waals surface area contributed by atoms with Gasteiger partial charge in [0.25, 0.3) is 5.91 Å². The predicted molar refractivity (Wildman–Crippen MR) is 81.5 cm³/mol. The minimum Gasteiger partial charge on any atom is -0.321 e. The van der Waals surface area contributed by atoms with Crippen LogP contribution in [0.3, 0.4) is 0 Å². The van der Waals surface area contributed by atoms with Crippen LogP contribution in [0.5, 0.6) is 0 Å². The first-order valence-electron chi connectivity index (χ1n) is 5.83. The third kappa shape index (κ3) is 2.54. The van der Waals surface area contributed by atoms with E-state index < -0.39 is 0 Å². The normalized spacial score (nSPS) is 10.4. The number of aromatic amines is 2. The number of para-hydroxylation sites is 1. The van der Waals surface area contributed by atoms with Gasteiger partial charge in [-0.25, -0.2) is 0 Å². The van der Waals surface area contributed by atoms with Crippen LogP contribution in [0.25, 0.3) is 11.4 Å². The molecule has 0 fully saturated rings. The van der Waals surface area contributed by atoms with Gasteiger partial charge in [0.05, 0.1) is 10.6 Å². The van der Waals surface area contributed by atoms with Gasteiger partial charge in [-0.05, 0) is 35.8 Å². The van der Waals surface area contributed by atoms with Gasteiger partial charge in [0, 0.05) is 5.56 Å². The fraction of sp³-hybridized carbons (Fsp3) is 0. The molecular weight excluding hydrogens is 292 g/mol. The Morgan fingerprint density at radius 1 is 1.20 bits per heavy atom. The lowest BCUT2D eigenvalue weighted by Gasteiger charge is -2.08. The highest BCUT2D eigenvalue weighted by Gasteiger charge is 2.12. The molecule has 0 aliphatic rings. The van der Waals surface area contributed by atoms with Crippen LogP contribution in [0, 0.1) is 4.77 Å². The van der Waals surface area contributed by atoms with Gasteiger partial charge in [0.2, 0.25) is 4.77 Å². The molecule has 100 valence electrons. The summed E-state index contributed by atoms with van der Waals surface area (Å²) in [5.41, 5.74) is 1.47. The maximum atomic E-state index is 12.1. The Morgan fingerprint density at radius 2 is 2.05 bits per heavy atom. The summed E-state index contributed by atoms with van der Waals surface area (Å²) >= 11 is 6.34. The largest absolute Gasteiger partial charge is 0.321 e. The molecule has 3 N–H and O–H groups in total. The van der Waals surface area contributed by atoms with Crippen molar-refractivity contribution in [2.75, 3.05) is 5.32 Å². The van der Waals surface area contributed by atoms with Gasteiger partial charge in [-0.3, -0.25) is 15.0 Å². The predicted octanol–water partition coefficient (Wildman–Crippen LogP) is 3.45. The van der Waals surface area contributed by atoms with Gasteiger partial charge in [-0.15, -0.1) is 11.3 Å². The monoisotopic (exact) mass is 302 g/mol. The Balaban J connectivity index is 1.94. The Morgan fingerprint density at radius 3 is 2.75 bits per heavy atom. The molecule has 2 heterocycles. The number of hydrogen-bond donors (Lipinski definition) is 3. The molecule has 0 aliphatic heterocycles. The lowest BCUT2D eigenvalue weighted by Crippen LogP contribution is -2.11. The van der Waals surface area contributed by atoms with Crippen molar-refractivity contribution < 1.29 is 4.79 Å². The van der Waals surface area contributed by atoms with E-state index in [4.69, 9.17) is 12.2 Å². The molecule has 0 unspecified atom stereocenters. The van der Waals surface area contributed by atoms with E-state index in [-0.39, 0.29) is 5.91 Å². The number of thiophene rings is 1. The molecule has 0 saturated heterocycles. The van der Waals surface area contributed by atoms with E-state index in [0.717, 1.165) is 5.56 Å². The van der Waals surface area contributed by atoms with E-state index in [1.165, 1.54) is 11.3 Å². The second-order valence-corrected chi connectivity index (χ2v) is 5.33. The maximum Gasteiger partial charge on any atom is 0.265 e. The summed E-state index contributed by atoms with van der Waals surface area (Å²) in [7, 11) is 0. The van der Waals surface area contributed by atoms with Gasteiger partial charge in [0.1, 0.15) is 0 Å². The standard InChI is InChI=1S/C13H10N4OS2/c18-12(10-6-3-7-20-10)14-9-5-2-1-4-8(9)11-15-13(19)17-16-11/h1-7H,(H,14,18)(H2,15,16,17,19). The molecule has 2 aromatic heterocycles. The molecule has 1 aromatic carbocycles. The minimum atomic E-state index is -0.137. The van der Waals surface area contributed by atoms with Crippen LogP contribution >= 0.6 is 23.6 Å². The summed E-state index contributed by atoms with van der Waals surface area (Å²) in [6.07, 6.45) is 0. The third-order valence-corrected chi connectivity index (χ3v) is 3.74. The van der Waals surface area contributed by atoms with Crippen molar-refractivity contribution in [2.24, 2.45) is 0 Å². The van der Waals surface area contributed by atoms with E-state index in [1.54, 1.807) is 6.07 Å². The summed E-state index contributed by atoms with van der Waals surface area (Å²) in [6, 6.07) is 11.1. The van der Waals surface area contributed by atoms with Gasteiger partial charge < -0.3 is 5.32 Å². The smallest absolute Gasteiger partial charge is 0.265 e. The molecule has 3 rings (SSSR count). The van der Waals surface area contributed by atoms with E-state index in [2.05, 4.69) is 20.5 Å². The zero-order chi connectivity index (χ0) is 13.9. The van der Waals surface area contributed by atoms with Gasteiger partial charge in [0.15, 0.2) is 5.82 Å². The van der Waals surface area contributed by atoms with Crippen molar-refractivity contribution in [2.45, 2.75) is 0 Å². The zero-order valence-electron chi connectivity index (χ0n) is 10.2. The van der Waals surface area contributed by atoms with E-state index in [9.17, 15) is 4.79 Å². The van der Waals surface area contributed by atoms with Crippen molar-refractivity contribution in [3.63, 3.8) is 0 Å². The summed E-state index contributed by atoms with van der Waals surface area (Å²) in [6.45, 7) is 0. The molecule has 0 atom stereocenters. The number of aromatic nitrogens is 3.